The number of rotatable bonds is 5. The summed E-state index contributed by atoms with van der Waals surface area (Å²) in [5.74, 6) is 0.701. The second kappa shape index (κ2) is 5.72. The molecule has 0 heterocycles. The van der Waals surface area contributed by atoms with Crippen molar-refractivity contribution >= 4 is 11.0 Å². The van der Waals surface area contributed by atoms with Gasteiger partial charge in [-0.25, -0.2) is 8.51 Å². The van der Waals surface area contributed by atoms with Gasteiger partial charge in [0.1, 0.15) is 0 Å². The van der Waals surface area contributed by atoms with Crippen LogP contribution in [0.4, 0.5) is 0 Å². The molecule has 0 aromatic rings. The molecule has 0 bridgehead atoms. The molecule has 0 radical (unpaired) electrons. The summed E-state index contributed by atoms with van der Waals surface area (Å²) in [6, 6.07) is 0. The van der Waals surface area contributed by atoms with E-state index in [1.807, 2.05) is 11.2 Å². The van der Waals surface area contributed by atoms with Crippen molar-refractivity contribution in [2.75, 3.05) is 19.3 Å². The van der Waals surface area contributed by atoms with Crippen molar-refractivity contribution in [1.29, 1.82) is 0 Å². The molecule has 0 amide bonds. The molecule has 1 unspecified atom stereocenters. The Morgan fingerprint density at radius 2 is 2.00 bits per heavy atom. The zero-order valence-corrected chi connectivity index (χ0v) is 8.78. The van der Waals surface area contributed by atoms with Crippen LogP contribution in [0.2, 0.25) is 0 Å². The van der Waals surface area contributed by atoms with E-state index in [-0.39, 0.29) is 0 Å². The first-order valence-electron chi connectivity index (χ1n) is 4.16. The molecule has 0 N–H and O–H groups in total. The highest BCUT2D eigenvalue weighted by Gasteiger charge is 2.05. The van der Waals surface area contributed by atoms with Crippen LogP contribution in [0.3, 0.4) is 0 Å². The first-order valence-corrected chi connectivity index (χ1v) is 5.67. The van der Waals surface area contributed by atoms with Gasteiger partial charge in [-0.3, -0.25) is 0 Å². The third kappa shape index (κ3) is 5.39. The lowest BCUT2D eigenvalue weighted by molar-refractivity contribution is 0.419. The van der Waals surface area contributed by atoms with Crippen LogP contribution in [0.25, 0.3) is 0 Å². The molecular weight excluding hydrogens is 158 g/mol. The maximum absolute atomic E-state index is 11.0. The van der Waals surface area contributed by atoms with Crippen LogP contribution in [0, 0.1) is 5.92 Å². The summed E-state index contributed by atoms with van der Waals surface area (Å²) >= 11 is 0. The van der Waals surface area contributed by atoms with E-state index in [2.05, 4.69) is 13.8 Å². The van der Waals surface area contributed by atoms with Gasteiger partial charge in [-0.05, 0) is 12.3 Å². The van der Waals surface area contributed by atoms with E-state index in [4.69, 9.17) is 0 Å². The van der Waals surface area contributed by atoms with Crippen LogP contribution >= 0.6 is 0 Å². The highest BCUT2D eigenvalue weighted by atomic mass is 32.2. The van der Waals surface area contributed by atoms with Gasteiger partial charge in [-0.15, -0.1) is 0 Å². The van der Waals surface area contributed by atoms with Crippen molar-refractivity contribution in [1.82, 2.24) is 4.31 Å². The standard InChI is InChI=1S/C8H19NOS/c1-5-9(11(4)10)7-6-8(2)3/h8H,5-7H2,1-4H3. The van der Waals surface area contributed by atoms with Gasteiger partial charge in [0.2, 0.25) is 0 Å². The van der Waals surface area contributed by atoms with Crippen molar-refractivity contribution in [2.24, 2.45) is 5.92 Å². The average Bonchev–Trinajstić information content (AvgIpc) is 1.87. The van der Waals surface area contributed by atoms with E-state index in [0.29, 0.717) is 5.92 Å². The molecule has 0 saturated carbocycles. The van der Waals surface area contributed by atoms with Crippen molar-refractivity contribution in [3.8, 4) is 0 Å². The Kier molecular flexibility index (Phi) is 5.78. The lowest BCUT2D eigenvalue weighted by Gasteiger charge is -2.17. The predicted molar refractivity (Wildman–Crippen MR) is 50.8 cm³/mol. The number of hydrogen-bond donors (Lipinski definition) is 0. The summed E-state index contributed by atoms with van der Waals surface area (Å²) < 4.78 is 13.0. The van der Waals surface area contributed by atoms with Gasteiger partial charge in [-0.2, -0.15) is 0 Å². The Morgan fingerprint density at radius 3 is 2.27 bits per heavy atom. The summed E-state index contributed by atoms with van der Waals surface area (Å²) in [4.78, 5) is 0. The van der Waals surface area contributed by atoms with Crippen molar-refractivity contribution in [3.63, 3.8) is 0 Å². The minimum Gasteiger partial charge on any atom is -0.243 e. The Balaban J connectivity index is 3.61. The van der Waals surface area contributed by atoms with Crippen molar-refractivity contribution < 1.29 is 4.21 Å². The molecule has 3 heteroatoms. The molecule has 0 aliphatic heterocycles. The third-order valence-corrected chi connectivity index (χ3v) is 2.84. The Labute approximate surface area is 72.6 Å². The van der Waals surface area contributed by atoms with Gasteiger partial charge in [0.15, 0.2) is 0 Å². The van der Waals surface area contributed by atoms with Crippen molar-refractivity contribution in [3.05, 3.63) is 0 Å². The lowest BCUT2D eigenvalue weighted by atomic mass is 10.1. The minimum absolute atomic E-state index is 0.701. The summed E-state index contributed by atoms with van der Waals surface area (Å²) in [5.41, 5.74) is 0. The molecular formula is C8H19NOS. The SMILES string of the molecule is CCN(CCC(C)C)S(C)=O. The molecule has 0 aliphatic carbocycles. The van der Waals surface area contributed by atoms with Crippen LogP contribution in [0.15, 0.2) is 0 Å². The highest BCUT2D eigenvalue weighted by molar-refractivity contribution is 7.81. The van der Waals surface area contributed by atoms with E-state index in [1.165, 1.54) is 0 Å². The van der Waals surface area contributed by atoms with Gasteiger partial charge in [0, 0.05) is 19.3 Å². The fourth-order valence-electron chi connectivity index (χ4n) is 0.871. The molecule has 0 aromatic carbocycles. The van der Waals surface area contributed by atoms with Crippen molar-refractivity contribution in [2.45, 2.75) is 27.2 Å². The zero-order chi connectivity index (χ0) is 8.85. The molecule has 0 aromatic heterocycles. The highest BCUT2D eigenvalue weighted by Crippen LogP contribution is 2.02. The fraction of sp³-hybridized carbons (Fsp3) is 1.00. The third-order valence-electron chi connectivity index (χ3n) is 1.67. The number of hydrogen-bond acceptors (Lipinski definition) is 1. The van der Waals surface area contributed by atoms with Gasteiger partial charge < -0.3 is 0 Å². The summed E-state index contributed by atoms with van der Waals surface area (Å²) in [5, 5.41) is 0. The first-order chi connectivity index (χ1) is 5.07. The fourth-order valence-corrected chi connectivity index (χ4v) is 1.60. The van der Waals surface area contributed by atoms with E-state index in [0.717, 1.165) is 19.5 Å². The second-order valence-electron chi connectivity index (χ2n) is 3.13. The van der Waals surface area contributed by atoms with E-state index >= 15 is 0 Å². The lowest BCUT2D eigenvalue weighted by Crippen LogP contribution is -2.26. The minimum atomic E-state index is -0.786. The van der Waals surface area contributed by atoms with Gasteiger partial charge >= 0.3 is 0 Å². The van der Waals surface area contributed by atoms with E-state index in [1.54, 1.807) is 6.26 Å². The normalized spacial score (nSPS) is 14.4. The van der Waals surface area contributed by atoms with Crippen LogP contribution in [-0.2, 0) is 11.0 Å². The first kappa shape index (κ1) is 11.1. The molecule has 0 saturated heterocycles. The second-order valence-corrected chi connectivity index (χ2v) is 4.49. The van der Waals surface area contributed by atoms with E-state index < -0.39 is 11.0 Å². The van der Waals surface area contributed by atoms with Crippen LogP contribution in [0.1, 0.15) is 27.2 Å². The molecule has 2 nitrogen and oxygen atoms in total. The Bertz CT molecular complexity index is 125. The maximum atomic E-state index is 11.0. The van der Waals surface area contributed by atoms with E-state index in [9.17, 15) is 4.21 Å². The molecule has 1 atom stereocenters. The van der Waals surface area contributed by atoms with Gasteiger partial charge in [0.25, 0.3) is 0 Å². The number of nitrogens with zero attached hydrogens (tertiary/aromatic N) is 1. The smallest absolute Gasteiger partial charge is 0.0910 e. The molecule has 0 rings (SSSR count). The largest absolute Gasteiger partial charge is 0.243 e. The summed E-state index contributed by atoms with van der Waals surface area (Å²) in [7, 11) is -0.786. The topological polar surface area (TPSA) is 20.3 Å². The maximum Gasteiger partial charge on any atom is 0.0910 e. The van der Waals surface area contributed by atoms with Gasteiger partial charge in [0.05, 0.1) is 11.0 Å². The van der Waals surface area contributed by atoms with Crippen LogP contribution in [-0.4, -0.2) is 27.9 Å². The Hall–Kier alpha value is 0.110. The Morgan fingerprint density at radius 1 is 1.45 bits per heavy atom. The molecule has 0 fully saturated rings. The van der Waals surface area contributed by atoms with Crippen LogP contribution < -0.4 is 0 Å². The van der Waals surface area contributed by atoms with Gasteiger partial charge in [-0.1, -0.05) is 20.8 Å². The average molecular weight is 177 g/mol. The van der Waals surface area contributed by atoms with Crippen LogP contribution in [0.5, 0.6) is 0 Å². The molecule has 0 spiro atoms. The predicted octanol–water partition coefficient (Wildman–Crippen LogP) is 1.65. The summed E-state index contributed by atoms with van der Waals surface area (Å²) in [6.45, 7) is 8.26. The molecule has 11 heavy (non-hydrogen) atoms. The monoisotopic (exact) mass is 177 g/mol. The summed E-state index contributed by atoms with van der Waals surface area (Å²) in [6.07, 6.45) is 2.87. The molecule has 0 aliphatic rings. The quantitative estimate of drug-likeness (QED) is 0.625. The molecule has 68 valence electrons. The zero-order valence-electron chi connectivity index (χ0n) is 7.96.